The molecule has 2 atom stereocenters. The van der Waals surface area contributed by atoms with Crippen LogP contribution in [0.25, 0.3) is 0 Å². The maximum atomic E-state index is 13.1. The highest BCUT2D eigenvalue weighted by atomic mass is 16.5. The summed E-state index contributed by atoms with van der Waals surface area (Å²) < 4.78 is 14.4. The van der Waals surface area contributed by atoms with E-state index in [4.69, 9.17) is 14.2 Å². The number of carbonyl (C=O) groups is 5. The molecule has 0 saturated carbocycles. The predicted octanol–water partition coefficient (Wildman–Crippen LogP) is 0.467. The largest absolute Gasteiger partial charge is 0.467 e. The molecule has 0 saturated heterocycles. The van der Waals surface area contributed by atoms with Crippen LogP contribution in [0.4, 0.5) is 0 Å². The smallest absolute Gasteiger partial charge is 0.332 e. The minimum Gasteiger partial charge on any atom is -0.467 e. The molecule has 0 bridgehead atoms. The van der Waals surface area contributed by atoms with Crippen molar-refractivity contribution in [3.63, 3.8) is 0 Å². The quantitative estimate of drug-likeness (QED) is 0.391. The van der Waals surface area contributed by atoms with Crippen LogP contribution < -0.4 is 10.6 Å². The van der Waals surface area contributed by atoms with Gasteiger partial charge in [0, 0.05) is 10.8 Å². The Bertz CT molecular complexity index is 738. The summed E-state index contributed by atoms with van der Waals surface area (Å²) in [4.78, 5) is 64.0. The molecule has 0 spiro atoms. The van der Waals surface area contributed by atoms with Crippen molar-refractivity contribution >= 4 is 29.7 Å². The Morgan fingerprint density at radius 2 is 1.16 bits per heavy atom. The highest BCUT2D eigenvalue weighted by Crippen LogP contribution is 2.32. The van der Waals surface area contributed by atoms with Crippen LogP contribution in [0, 0.1) is 27.6 Å². The summed E-state index contributed by atoms with van der Waals surface area (Å²) in [5, 5.41) is 14.8. The van der Waals surface area contributed by atoms with Crippen LogP contribution >= 0.6 is 0 Å². The fourth-order valence-corrected chi connectivity index (χ4v) is 2.48. The Hall–Kier alpha value is -3.16. The van der Waals surface area contributed by atoms with Crippen molar-refractivity contribution in [2.75, 3.05) is 20.8 Å². The Morgan fingerprint density at radius 3 is 1.38 bits per heavy atom. The summed E-state index contributed by atoms with van der Waals surface area (Å²) in [5.41, 5.74) is -4.83. The summed E-state index contributed by atoms with van der Waals surface area (Å²) in [5.74, 6) is -5.16. The van der Waals surface area contributed by atoms with E-state index in [1.807, 2.05) is 0 Å². The van der Waals surface area contributed by atoms with Gasteiger partial charge in [-0.25, -0.2) is 9.59 Å². The molecule has 11 heteroatoms. The molecule has 0 aliphatic rings. The summed E-state index contributed by atoms with van der Waals surface area (Å²) >= 11 is 0. The predicted molar refractivity (Wildman–Crippen MR) is 111 cm³/mol. The van der Waals surface area contributed by atoms with E-state index in [2.05, 4.69) is 10.6 Å². The molecule has 0 aromatic rings. The van der Waals surface area contributed by atoms with Crippen LogP contribution in [-0.2, 0) is 38.2 Å². The molecule has 0 radical (unpaired) electrons. The zero-order valence-corrected chi connectivity index (χ0v) is 20.1. The van der Waals surface area contributed by atoms with Crippen molar-refractivity contribution in [2.24, 2.45) is 16.2 Å². The van der Waals surface area contributed by atoms with Crippen molar-refractivity contribution < 1.29 is 38.2 Å². The fraction of sp³-hybridized carbons (Fsp3) is 0.714. The summed E-state index contributed by atoms with van der Waals surface area (Å²) in [6, 6.07) is -2.37. The molecule has 0 aliphatic carbocycles. The molecule has 2 N–H and O–H groups in total. The van der Waals surface area contributed by atoms with Gasteiger partial charge >= 0.3 is 17.9 Å². The standard InChI is InChI=1S/C21H33N3O8/c1-10-32-18(29)21(11-22,12(14(25)30-8)23-16(27)19(2,3)4)13(15(26)31-9)24-17(28)20(5,6)7/h12-13H,10H2,1-9H3,(H,23,27)(H,24,28). The molecule has 11 nitrogen and oxygen atoms in total. The van der Waals surface area contributed by atoms with E-state index in [1.165, 1.54) is 48.5 Å². The van der Waals surface area contributed by atoms with Gasteiger partial charge in [-0.15, -0.1) is 0 Å². The van der Waals surface area contributed by atoms with Crippen molar-refractivity contribution in [2.45, 2.75) is 60.5 Å². The molecular weight excluding hydrogens is 422 g/mol. The van der Waals surface area contributed by atoms with Gasteiger partial charge in [-0.3, -0.25) is 14.4 Å². The van der Waals surface area contributed by atoms with E-state index in [0.29, 0.717) is 0 Å². The number of nitrogens with one attached hydrogen (secondary N) is 2. The van der Waals surface area contributed by atoms with Gasteiger partial charge in [-0.05, 0) is 6.92 Å². The average Bonchev–Trinajstić information content (AvgIpc) is 2.69. The van der Waals surface area contributed by atoms with Gasteiger partial charge in [0.2, 0.25) is 17.2 Å². The third kappa shape index (κ3) is 6.42. The third-order valence-electron chi connectivity index (χ3n) is 4.50. The van der Waals surface area contributed by atoms with Crippen LogP contribution in [0.15, 0.2) is 0 Å². The molecule has 2 unspecified atom stereocenters. The molecule has 2 amide bonds. The van der Waals surface area contributed by atoms with Crippen LogP contribution in [0.2, 0.25) is 0 Å². The maximum absolute atomic E-state index is 13.1. The third-order valence-corrected chi connectivity index (χ3v) is 4.50. The molecule has 0 aromatic heterocycles. The molecule has 0 heterocycles. The minimum atomic E-state index is -2.74. The van der Waals surface area contributed by atoms with E-state index >= 15 is 0 Å². The molecule has 180 valence electrons. The van der Waals surface area contributed by atoms with Gasteiger partial charge in [0.25, 0.3) is 0 Å². The van der Waals surface area contributed by atoms with Gasteiger partial charge in [0.1, 0.15) is 0 Å². The number of methoxy groups -OCH3 is 2. The Morgan fingerprint density at radius 1 is 0.812 bits per heavy atom. The van der Waals surface area contributed by atoms with Gasteiger partial charge in [-0.1, -0.05) is 41.5 Å². The minimum absolute atomic E-state index is 0.218. The second-order valence-corrected chi connectivity index (χ2v) is 9.06. The highest BCUT2D eigenvalue weighted by Gasteiger charge is 2.62. The summed E-state index contributed by atoms with van der Waals surface area (Å²) in [6.45, 7) is 10.4. The van der Waals surface area contributed by atoms with Crippen LogP contribution in [-0.4, -0.2) is 62.6 Å². The molecule has 32 heavy (non-hydrogen) atoms. The topological polar surface area (TPSA) is 161 Å². The van der Waals surface area contributed by atoms with Gasteiger partial charge in [0.05, 0.1) is 26.9 Å². The van der Waals surface area contributed by atoms with E-state index in [1.54, 1.807) is 6.07 Å². The number of esters is 3. The van der Waals surface area contributed by atoms with Crippen molar-refractivity contribution in [1.29, 1.82) is 5.26 Å². The van der Waals surface area contributed by atoms with Crippen molar-refractivity contribution in [1.82, 2.24) is 10.6 Å². The van der Waals surface area contributed by atoms with E-state index in [-0.39, 0.29) is 6.61 Å². The van der Waals surface area contributed by atoms with Gasteiger partial charge < -0.3 is 24.8 Å². The number of nitriles is 1. The molecule has 0 fully saturated rings. The summed E-state index contributed by atoms with van der Waals surface area (Å²) in [6.07, 6.45) is 0. The van der Waals surface area contributed by atoms with Crippen molar-refractivity contribution in [3.05, 3.63) is 0 Å². The maximum Gasteiger partial charge on any atom is 0.332 e. The lowest BCUT2D eigenvalue weighted by Gasteiger charge is -2.38. The van der Waals surface area contributed by atoms with Crippen LogP contribution in [0.1, 0.15) is 48.5 Å². The van der Waals surface area contributed by atoms with E-state index in [9.17, 15) is 29.2 Å². The molecule has 0 aliphatic heterocycles. The number of carbonyl (C=O) groups excluding carboxylic acids is 5. The molecule has 0 aromatic carbocycles. The van der Waals surface area contributed by atoms with Crippen molar-refractivity contribution in [3.8, 4) is 6.07 Å². The molecule has 0 rings (SSSR count). The Kier molecular flexibility index (Phi) is 9.85. The average molecular weight is 456 g/mol. The Labute approximate surface area is 188 Å². The zero-order valence-electron chi connectivity index (χ0n) is 20.1. The summed E-state index contributed by atoms with van der Waals surface area (Å²) in [7, 11) is 1.96. The monoisotopic (exact) mass is 455 g/mol. The zero-order chi connectivity index (χ0) is 25.5. The number of ether oxygens (including phenoxy) is 3. The Balaban J connectivity index is 7.07. The lowest BCUT2D eigenvalue weighted by Crippen LogP contribution is -2.68. The van der Waals surface area contributed by atoms with Crippen LogP contribution in [0.3, 0.4) is 0 Å². The van der Waals surface area contributed by atoms with E-state index < -0.39 is 58.1 Å². The first kappa shape index (κ1) is 28.8. The van der Waals surface area contributed by atoms with Gasteiger partial charge in [0.15, 0.2) is 12.1 Å². The molecular formula is C21H33N3O8. The first-order chi connectivity index (χ1) is 14.5. The first-order valence-corrected chi connectivity index (χ1v) is 9.90. The normalized spacial score (nSPS) is 15.1. The number of nitrogens with zero attached hydrogens (tertiary/aromatic N) is 1. The first-order valence-electron chi connectivity index (χ1n) is 9.90. The number of amides is 2. The SMILES string of the molecule is CCOC(=O)C(C#N)(C(NC(=O)C(C)(C)C)C(=O)OC)C(NC(=O)C(C)(C)C)C(=O)OC. The lowest BCUT2D eigenvalue weighted by atomic mass is 9.73. The fourth-order valence-electron chi connectivity index (χ4n) is 2.48. The van der Waals surface area contributed by atoms with Gasteiger partial charge in [-0.2, -0.15) is 5.26 Å². The number of rotatable bonds is 8. The second-order valence-electron chi connectivity index (χ2n) is 9.06. The number of hydrogen-bond donors (Lipinski definition) is 2. The number of hydrogen-bond acceptors (Lipinski definition) is 9. The van der Waals surface area contributed by atoms with Crippen LogP contribution in [0.5, 0.6) is 0 Å². The lowest BCUT2D eigenvalue weighted by molar-refractivity contribution is -0.170. The second kappa shape index (κ2) is 10.9. The highest BCUT2D eigenvalue weighted by molar-refractivity contribution is 6.00. The van der Waals surface area contributed by atoms with E-state index in [0.717, 1.165) is 14.2 Å².